The van der Waals surface area contributed by atoms with Crippen LogP contribution in [0.15, 0.2) is 46.9 Å². The van der Waals surface area contributed by atoms with Crippen LogP contribution >= 0.6 is 0 Å². The molecular weight excluding hydrogens is 278 g/mol. The van der Waals surface area contributed by atoms with Gasteiger partial charge in [0.15, 0.2) is 0 Å². The van der Waals surface area contributed by atoms with Crippen LogP contribution in [0.4, 0.5) is 0 Å². The first-order valence-corrected chi connectivity index (χ1v) is 7.36. The zero-order valence-corrected chi connectivity index (χ0v) is 13.5. The summed E-state index contributed by atoms with van der Waals surface area (Å²) in [4.78, 5) is 12.5. The number of furan rings is 1. The number of carbonyl (C=O) groups excluding carboxylic acids is 1. The van der Waals surface area contributed by atoms with Crippen LogP contribution in [0.5, 0.6) is 0 Å². The Hall–Kier alpha value is -2.07. The monoisotopic (exact) mass is 301 g/mol. The third-order valence-electron chi connectivity index (χ3n) is 3.93. The highest BCUT2D eigenvalue weighted by Gasteiger charge is 2.33. The van der Waals surface area contributed by atoms with Gasteiger partial charge in [-0.15, -0.1) is 0 Å². The van der Waals surface area contributed by atoms with Crippen LogP contribution in [-0.2, 0) is 15.8 Å². The Bertz CT molecular complexity index is 641. The Morgan fingerprint density at radius 2 is 1.77 bits per heavy atom. The molecule has 4 nitrogen and oxygen atoms in total. The molecule has 0 aliphatic carbocycles. The van der Waals surface area contributed by atoms with Crippen molar-refractivity contribution in [1.29, 1.82) is 0 Å². The van der Waals surface area contributed by atoms with Crippen LogP contribution in [-0.4, -0.2) is 17.6 Å². The summed E-state index contributed by atoms with van der Waals surface area (Å²) in [6.07, 6.45) is 0. The fourth-order valence-electron chi connectivity index (χ4n) is 2.27. The second-order valence-electron chi connectivity index (χ2n) is 6.36. The van der Waals surface area contributed by atoms with Crippen molar-refractivity contribution in [3.8, 4) is 0 Å². The van der Waals surface area contributed by atoms with Crippen LogP contribution < -0.4 is 5.32 Å². The van der Waals surface area contributed by atoms with Crippen LogP contribution in [0.1, 0.15) is 37.9 Å². The topological polar surface area (TPSA) is 62.5 Å². The molecule has 2 aromatic rings. The van der Waals surface area contributed by atoms with E-state index in [0.29, 0.717) is 5.76 Å². The van der Waals surface area contributed by atoms with Gasteiger partial charge in [-0.25, -0.2) is 0 Å². The minimum absolute atomic E-state index is 0.0923. The summed E-state index contributed by atoms with van der Waals surface area (Å²) in [6, 6.07) is 13.1. The number of hydrogen-bond donors (Lipinski definition) is 2. The van der Waals surface area contributed by atoms with Crippen molar-refractivity contribution in [1.82, 2.24) is 5.32 Å². The maximum atomic E-state index is 12.5. The van der Waals surface area contributed by atoms with E-state index in [1.54, 1.807) is 19.1 Å². The van der Waals surface area contributed by atoms with Gasteiger partial charge >= 0.3 is 0 Å². The number of amides is 1. The van der Waals surface area contributed by atoms with Crippen molar-refractivity contribution in [2.45, 2.75) is 38.7 Å². The van der Waals surface area contributed by atoms with Gasteiger partial charge in [-0.1, -0.05) is 30.3 Å². The third-order valence-corrected chi connectivity index (χ3v) is 3.93. The van der Waals surface area contributed by atoms with Crippen molar-refractivity contribution >= 4 is 5.91 Å². The summed E-state index contributed by atoms with van der Waals surface area (Å²) in [5.41, 5.74) is -0.978. The van der Waals surface area contributed by atoms with Gasteiger partial charge in [-0.2, -0.15) is 0 Å². The molecular formula is C18H23NO3. The van der Waals surface area contributed by atoms with Crippen molar-refractivity contribution in [3.05, 3.63) is 59.5 Å². The maximum Gasteiger partial charge on any atom is 0.230 e. The van der Waals surface area contributed by atoms with E-state index in [-0.39, 0.29) is 12.5 Å². The Morgan fingerprint density at radius 3 is 2.32 bits per heavy atom. The summed E-state index contributed by atoms with van der Waals surface area (Å²) in [5.74, 6) is 1.04. The molecule has 1 heterocycles. The Kier molecular flexibility index (Phi) is 4.42. The number of hydrogen-bond acceptors (Lipinski definition) is 3. The van der Waals surface area contributed by atoms with Gasteiger partial charge in [-0.05, 0) is 45.4 Å². The van der Waals surface area contributed by atoms with Crippen LogP contribution in [0.2, 0.25) is 0 Å². The van der Waals surface area contributed by atoms with E-state index in [2.05, 4.69) is 5.32 Å². The van der Waals surface area contributed by atoms with Crippen molar-refractivity contribution in [2.24, 2.45) is 0 Å². The molecule has 0 bridgehead atoms. The number of nitrogens with one attached hydrogen (secondary N) is 1. The Morgan fingerprint density at radius 1 is 1.14 bits per heavy atom. The second-order valence-corrected chi connectivity index (χ2v) is 6.36. The molecule has 1 amide bonds. The summed E-state index contributed by atoms with van der Waals surface area (Å²) in [5, 5.41) is 13.3. The molecule has 0 radical (unpaired) electrons. The molecule has 2 rings (SSSR count). The SMILES string of the molecule is Cc1ccc([C@@](C)(O)CNC(=O)C(C)(C)c2ccccc2)o1. The van der Waals surface area contributed by atoms with E-state index in [1.165, 1.54) is 0 Å². The Balaban J connectivity index is 2.06. The van der Waals surface area contributed by atoms with E-state index >= 15 is 0 Å². The molecule has 0 aliphatic heterocycles. The van der Waals surface area contributed by atoms with Gasteiger partial charge in [0.2, 0.25) is 5.91 Å². The average Bonchev–Trinajstić information content (AvgIpc) is 2.93. The van der Waals surface area contributed by atoms with Crippen LogP contribution in [0.3, 0.4) is 0 Å². The zero-order chi connectivity index (χ0) is 16.4. The van der Waals surface area contributed by atoms with Crippen molar-refractivity contribution < 1.29 is 14.3 Å². The minimum atomic E-state index is -1.24. The van der Waals surface area contributed by atoms with E-state index in [1.807, 2.05) is 51.1 Å². The highest BCUT2D eigenvalue weighted by Crippen LogP contribution is 2.25. The fraction of sp³-hybridized carbons (Fsp3) is 0.389. The van der Waals surface area contributed by atoms with Crippen LogP contribution in [0.25, 0.3) is 0 Å². The third kappa shape index (κ3) is 3.39. The summed E-state index contributed by atoms with van der Waals surface area (Å²) in [7, 11) is 0. The molecule has 2 N–H and O–H groups in total. The standard InChI is InChI=1S/C18H23NO3/c1-13-10-11-15(22-13)18(4,21)12-19-16(20)17(2,3)14-8-6-5-7-9-14/h5-11,21H,12H2,1-4H3,(H,19,20)/t18-/m0/s1. The molecule has 0 aliphatic rings. The van der Waals surface area contributed by atoms with E-state index in [9.17, 15) is 9.90 Å². The van der Waals surface area contributed by atoms with E-state index in [0.717, 1.165) is 11.3 Å². The first kappa shape index (κ1) is 16.3. The molecule has 0 spiro atoms. The van der Waals surface area contributed by atoms with Gasteiger partial charge in [0.1, 0.15) is 17.1 Å². The largest absolute Gasteiger partial charge is 0.463 e. The highest BCUT2D eigenvalue weighted by atomic mass is 16.4. The van der Waals surface area contributed by atoms with Gasteiger partial charge in [0.05, 0.1) is 12.0 Å². The second kappa shape index (κ2) is 5.97. The number of carbonyl (C=O) groups is 1. The molecule has 1 atom stereocenters. The maximum absolute atomic E-state index is 12.5. The summed E-state index contributed by atoms with van der Waals surface area (Å²) < 4.78 is 5.45. The fourth-order valence-corrected chi connectivity index (χ4v) is 2.27. The molecule has 4 heteroatoms. The number of aliphatic hydroxyl groups is 1. The van der Waals surface area contributed by atoms with Crippen LogP contribution in [0, 0.1) is 6.92 Å². The van der Waals surface area contributed by atoms with Gasteiger partial charge < -0.3 is 14.8 Å². The zero-order valence-electron chi connectivity index (χ0n) is 13.5. The summed E-state index contributed by atoms with van der Waals surface area (Å²) in [6.45, 7) is 7.26. The lowest BCUT2D eigenvalue weighted by atomic mass is 9.83. The number of aryl methyl sites for hydroxylation is 1. The Labute approximate surface area is 131 Å². The predicted molar refractivity (Wildman–Crippen MR) is 85.5 cm³/mol. The quantitative estimate of drug-likeness (QED) is 0.892. The lowest BCUT2D eigenvalue weighted by Gasteiger charge is -2.27. The minimum Gasteiger partial charge on any atom is -0.463 e. The summed E-state index contributed by atoms with van der Waals surface area (Å²) >= 11 is 0. The van der Waals surface area contributed by atoms with Gasteiger partial charge in [0.25, 0.3) is 0 Å². The van der Waals surface area contributed by atoms with E-state index < -0.39 is 11.0 Å². The lowest BCUT2D eigenvalue weighted by Crippen LogP contribution is -2.45. The van der Waals surface area contributed by atoms with E-state index in [4.69, 9.17) is 4.42 Å². The first-order valence-electron chi connectivity index (χ1n) is 7.36. The lowest BCUT2D eigenvalue weighted by molar-refractivity contribution is -0.127. The normalized spacial score (nSPS) is 14.4. The van der Waals surface area contributed by atoms with Crippen molar-refractivity contribution in [2.75, 3.05) is 6.54 Å². The molecule has 0 saturated heterocycles. The number of benzene rings is 1. The smallest absolute Gasteiger partial charge is 0.230 e. The average molecular weight is 301 g/mol. The molecule has 1 aromatic heterocycles. The molecule has 22 heavy (non-hydrogen) atoms. The molecule has 118 valence electrons. The predicted octanol–water partition coefficient (Wildman–Crippen LogP) is 2.89. The molecule has 0 unspecified atom stereocenters. The first-order chi connectivity index (χ1) is 10.2. The number of rotatable bonds is 5. The molecule has 1 aromatic carbocycles. The van der Waals surface area contributed by atoms with Gasteiger partial charge in [0, 0.05) is 0 Å². The van der Waals surface area contributed by atoms with Gasteiger partial charge in [-0.3, -0.25) is 4.79 Å². The molecule has 0 fully saturated rings. The van der Waals surface area contributed by atoms with Crippen molar-refractivity contribution in [3.63, 3.8) is 0 Å². The molecule has 0 saturated carbocycles. The highest BCUT2D eigenvalue weighted by molar-refractivity contribution is 5.87.